The van der Waals surface area contributed by atoms with Crippen molar-refractivity contribution in [1.29, 1.82) is 0 Å². The van der Waals surface area contributed by atoms with Gasteiger partial charge in [0.05, 0.1) is 13.2 Å². The molecule has 0 bridgehead atoms. The van der Waals surface area contributed by atoms with Crippen LogP contribution >= 0.6 is 11.6 Å². The molecule has 0 amide bonds. The Morgan fingerprint density at radius 3 is 2.86 bits per heavy atom. The van der Waals surface area contributed by atoms with Crippen molar-refractivity contribution < 1.29 is 9.47 Å². The number of hydrogen-bond acceptors (Lipinski definition) is 2. The van der Waals surface area contributed by atoms with E-state index in [0.29, 0.717) is 10.9 Å². The van der Waals surface area contributed by atoms with Crippen LogP contribution < -0.4 is 4.74 Å². The lowest BCUT2D eigenvalue weighted by Crippen LogP contribution is -2.39. The molecule has 76 valence electrons. The molecule has 0 spiro atoms. The van der Waals surface area contributed by atoms with Crippen molar-refractivity contribution in [3.63, 3.8) is 0 Å². The maximum Gasteiger partial charge on any atom is 0.121 e. The highest BCUT2D eigenvalue weighted by Gasteiger charge is 2.26. The fraction of sp³-hybridized carbons (Fsp3) is 0.455. The minimum atomic E-state index is 0.196. The van der Waals surface area contributed by atoms with E-state index >= 15 is 0 Å². The normalized spacial score (nSPS) is 18.7. The van der Waals surface area contributed by atoms with E-state index in [1.165, 1.54) is 0 Å². The van der Waals surface area contributed by atoms with Gasteiger partial charge < -0.3 is 9.47 Å². The highest BCUT2D eigenvalue weighted by Crippen LogP contribution is 2.23. The topological polar surface area (TPSA) is 18.5 Å². The van der Waals surface area contributed by atoms with Gasteiger partial charge in [0.25, 0.3) is 0 Å². The second-order valence-electron chi connectivity index (χ2n) is 3.58. The molecule has 1 fully saturated rings. The Labute approximate surface area is 88.8 Å². The predicted octanol–water partition coefficient (Wildman–Crippen LogP) is 2.75. The monoisotopic (exact) mass is 212 g/mol. The molecule has 1 aromatic rings. The highest BCUT2D eigenvalue weighted by atomic mass is 35.5. The summed E-state index contributed by atoms with van der Waals surface area (Å²) < 4.78 is 10.8. The summed E-state index contributed by atoms with van der Waals surface area (Å²) in [4.78, 5) is 0. The maximum atomic E-state index is 5.85. The first-order valence-electron chi connectivity index (χ1n) is 4.75. The first kappa shape index (κ1) is 9.81. The number of ether oxygens (including phenoxy) is 2. The van der Waals surface area contributed by atoms with Crippen LogP contribution in [0.15, 0.2) is 24.3 Å². The number of halogens is 1. The zero-order valence-electron chi connectivity index (χ0n) is 8.07. The van der Waals surface area contributed by atoms with Gasteiger partial charge in [-0.05, 0) is 25.1 Å². The van der Waals surface area contributed by atoms with Gasteiger partial charge >= 0.3 is 0 Å². The van der Waals surface area contributed by atoms with Crippen LogP contribution in [-0.2, 0) is 4.74 Å². The molecule has 1 aliphatic heterocycles. The molecule has 1 aliphatic rings. The minimum absolute atomic E-state index is 0.196. The SMILES string of the molecule is CC(Oc1cccc(Cl)c1)C1COC1. The van der Waals surface area contributed by atoms with Crippen molar-refractivity contribution >= 4 is 11.6 Å². The Kier molecular flexibility index (Phi) is 2.94. The van der Waals surface area contributed by atoms with Crippen LogP contribution in [0.3, 0.4) is 0 Å². The van der Waals surface area contributed by atoms with Gasteiger partial charge in [0.15, 0.2) is 0 Å². The lowest BCUT2D eigenvalue weighted by molar-refractivity contribution is -0.0776. The molecule has 2 rings (SSSR count). The van der Waals surface area contributed by atoms with E-state index in [1.54, 1.807) is 0 Å². The Hall–Kier alpha value is -0.730. The van der Waals surface area contributed by atoms with Crippen LogP contribution in [0.2, 0.25) is 5.02 Å². The van der Waals surface area contributed by atoms with Crippen molar-refractivity contribution in [2.45, 2.75) is 13.0 Å². The molecule has 1 atom stereocenters. The largest absolute Gasteiger partial charge is 0.490 e. The Balaban J connectivity index is 1.95. The molecule has 0 N–H and O–H groups in total. The Morgan fingerprint density at radius 2 is 2.29 bits per heavy atom. The van der Waals surface area contributed by atoms with Crippen molar-refractivity contribution in [3.8, 4) is 5.75 Å². The molecule has 0 aliphatic carbocycles. The fourth-order valence-corrected chi connectivity index (χ4v) is 1.56. The molecule has 1 saturated heterocycles. The lowest BCUT2D eigenvalue weighted by atomic mass is 10.0. The van der Waals surface area contributed by atoms with E-state index in [9.17, 15) is 0 Å². The maximum absolute atomic E-state index is 5.85. The summed E-state index contributed by atoms with van der Waals surface area (Å²) in [7, 11) is 0. The fourth-order valence-electron chi connectivity index (χ4n) is 1.38. The van der Waals surface area contributed by atoms with Gasteiger partial charge in [0.1, 0.15) is 11.9 Å². The van der Waals surface area contributed by atoms with Gasteiger partial charge in [0, 0.05) is 10.9 Å². The molecule has 14 heavy (non-hydrogen) atoms. The van der Waals surface area contributed by atoms with Gasteiger partial charge in [0.2, 0.25) is 0 Å². The second kappa shape index (κ2) is 4.20. The van der Waals surface area contributed by atoms with Crippen LogP contribution in [0.5, 0.6) is 5.75 Å². The second-order valence-corrected chi connectivity index (χ2v) is 4.01. The smallest absolute Gasteiger partial charge is 0.121 e. The van der Waals surface area contributed by atoms with Gasteiger partial charge in [-0.15, -0.1) is 0 Å². The molecule has 1 aromatic carbocycles. The van der Waals surface area contributed by atoms with E-state index in [4.69, 9.17) is 21.1 Å². The number of benzene rings is 1. The van der Waals surface area contributed by atoms with Crippen LogP contribution in [-0.4, -0.2) is 19.3 Å². The Morgan fingerprint density at radius 1 is 1.50 bits per heavy atom. The van der Waals surface area contributed by atoms with E-state index in [2.05, 4.69) is 6.92 Å². The highest BCUT2D eigenvalue weighted by molar-refractivity contribution is 6.30. The number of rotatable bonds is 3. The first-order valence-corrected chi connectivity index (χ1v) is 5.13. The van der Waals surface area contributed by atoms with Gasteiger partial charge in [-0.2, -0.15) is 0 Å². The third-order valence-corrected chi connectivity index (χ3v) is 2.68. The van der Waals surface area contributed by atoms with Crippen molar-refractivity contribution in [3.05, 3.63) is 29.3 Å². The molecule has 2 nitrogen and oxygen atoms in total. The Bertz CT molecular complexity index is 310. The molecule has 0 radical (unpaired) electrons. The predicted molar refractivity (Wildman–Crippen MR) is 55.9 cm³/mol. The third-order valence-electron chi connectivity index (χ3n) is 2.45. The molecule has 0 saturated carbocycles. The average Bonchev–Trinajstić information content (AvgIpc) is 1.99. The third kappa shape index (κ3) is 2.20. The molecule has 1 heterocycles. The first-order chi connectivity index (χ1) is 6.75. The lowest BCUT2D eigenvalue weighted by Gasteiger charge is -2.31. The summed E-state index contributed by atoms with van der Waals surface area (Å²) in [6, 6.07) is 7.48. The molecule has 1 unspecified atom stereocenters. The number of hydrogen-bond donors (Lipinski definition) is 0. The van der Waals surface area contributed by atoms with E-state index in [0.717, 1.165) is 19.0 Å². The average molecular weight is 213 g/mol. The molecular weight excluding hydrogens is 200 g/mol. The zero-order chi connectivity index (χ0) is 9.97. The van der Waals surface area contributed by atoms with Crippen molar-refractivity contribution in [1.82, 2.24) is 0 Å². The van der Waals surface area contributed by atoms with E-state index in [-0.39, 0.29) is 6.10 Å². The van der Waals surface area contributed by atoms with Crippen molar-refractivity contribution in [2.75, 3.05) is 13.2 Å². The van der Waals surface area contributed by atoms with Crippen LogP contribution in [0.25, 0.3) is 0 Å². The van der Waals surface area contributed by atoms with Gasteiger partial charge in [-0.25, -0.2) is 0 Å². The van der Waals surface area contributed by atoms with E-state index < -0.39 is 0 Å². The molecular formula is C11H13ClO2. The summed E-state index contributed by atoms with van der Waals surface area (Å²) >= 11 is 5.85. The standard InChI is InChI=1S/C11H13ClO2/c1-8(9-6-13-7-9)14-11-4-2-3-10(12)5-11/h2-5,8-9H,6-7H2,1H3. The van der Waals surface area contributed by atoms with Crippen LogP contribution in [0, 0.1) is 5.92 Å². The minimum Gasteiger partial charge on any atom is -0.490 e. The quantitative estimate of drug-likeness (QED) is 0.767. The van der Waals surface area contributed by atoms with Gasteiger partial charge in [-0.1, -0.05) is 17.7 Å². The summed E-state index contributed by atoms with van der Waals surface area (Å²) in [5.41, 5.74) is 0. The summed E-state index contributed by atoms with van der Waals surface area (Å²) in [6.07, 6.45) is 0.196. The summed E-state index contributed by atoms with van der Waals surface area (Å²) in [5.74, 6) is 1.35. The van der Waals surface area contributed by atoms with E-state index in [1.807, 2.05) is 24.3 Å². The van der Waals surface area contributed by atoms with Gasteiger partial charge in [-0.3, -0.25) is 0 Å². The zero-order valence-corrected chi connectivity index (χ0v) is 8.83. The molecule has 3 heteroatoms. The van der Waals surface area contributed by atoms with Crippen LogP contribution in [0.4, 0.5) is 0 Å². The summed E-state index contributed by atoms with van der Waals surface area (Å²) in [6.45, 7) is 3.68. The van der Waals surface area contributed by atoms with Crippen LogP contribution in [0.1, 0.15) is 6.92 Å². The summed E-state index contributed by atoms with van der Waals surface area (Å²) in [5, 5.41) is 0.708. The van der Waals surface area contributed by atoms with Crippen molar-refractivity contribution in [2.24, 2.45) is 5.92 Å². The molecule has 0 aromatic heterocycles.